The first-order chi connectivity index (χ1) is 16.0. The Kier molecular flexibility index (Phi) is 7.64. The van der Waals surface area contributed by atoms with Gasteiger partial charge in [0.25, 0.3) is 0 Å². The van der Waals surface area contributed by atoms with Crippen molar-refractivity contribution in [2.24, 2.45) is 0 Å². The summed E-state index contributed by atoms with van der Waals surface area (Å²) < 4.78 is 38.9. The molecule has 0 aliphatic rings. The van der Waals surface area contributed by atoms with Crippen molar-refractivity contribution in [3.8, 4) is 5.75 Å². The molecule has 0 fully saturated rings. The molecule has 1 atom stereocenters. The average molecular weight is 487 g/mol. The van der Waals surface area contributed by atoms with Crippen LogP contribution in [0.3, 0.4) is 0 Å². The molecule has 2 aromatic carbocycles. The van der Waals surface area contributed by atoms with Gasteiger partial charge in [-0.15, -0.1) is 5.10 Å². The fourth-order valence-electron chi connectivity index (χ4n) is 2.91. The fourth-order valence-corrected chi connectivity index (χ4v) is 4.17. The minimum atomic E-state index is -1.00. The monoisotopic (exact) mass is 486 g/mol. The van der Waals surface area contributed by atoms with Crippen molar-refractivity contribution in [1.29, 1.82) is 0 Å². The number of ether oxygens (including phenoxy) is 1. The Balaban J connectivity index is 1.25. The Bertz CT molecular complexity index is 1240. The molecule has 0 aliphatic heterocycles. The summed E-state index contributed by atoms with van der Waals surface area (Å²) in [7, 11) is -1.00. The number of aromatic nitrogens is 4. The van der Waals surface area contributed by atoms with Crippen molar-refractivity contribution in [3.05, 3.63) is 94.7 Å². The Labute approximate surface area is 197 Å². The van der Waals surface area contributed by atoms with E-state index in [4.69, 9.17) is 20.8 Å². The lowest BCUT2D eigenvalue weighted by atomic mass is 10.2. The van der Waals surface area contributed by atoms with Crippen LogP contribution < -0.4 is 4.74 Å². The lowest BCUT2D eigenvalue weighted by Gasteiger charge is -2.06. The Hall–Kier alpha value is -3.30. The average Bonchev–Trinajstić information content (AvgIpc) is 3.49. The van der Waals surface area contributed by atoms with E-state index in [0.29, 0.717) is 46.0 Å². The lowest BCUT2D eigenvalue weighted by Crippen LogP contribution is -2.09. The summed E-state index contributed by atoms with van der Waals surface area (Å²) in [6.45, 7) is 0.785. The molecule has 0 spiro atoms. The van der Waals surface area contributed by atoms with Gasteiger partial charge < -0.3 is 9.15 Å². The van der Waals surface area contributed by atoms with Gasteiger partial charge in [-0.1, -0.05) is 35.0 Å². The van der Waals surface area contributed by atoms with Crippen molar-refractivity contribution in [3.63, 3.8) is 0 Å². The molecule has 1 unspecified atom stereocenters. The second-order valence-corrected chi connectivity index (χ2v) is 9.08. The van der Waals surface area contributed by atoms with Gasteiger partial charge >= 0.3 is 0 Å². The molecule has 2 aromatic heterocycles. The first-order valence-corrected chi connectivity index (χ1v) is 11.9. The largest absolute Gasteiger partial charge is 0.487 e. The Morgan fingerprint density at radius 1 is 1.18 bits per heavy atom. The molecular formula is C23H20ClFN4O3S. The summed E-state index contributed by atoms with van der Waals surface area (Å²) in [4.78, 5) is 4.31. The molecule has 2 heterocycles. The van der Waals surface area contributed by atoms with Gasteiger partial charge in [0.15, 0.2) is 0 Å². The standard InChI is InChI=1S/C23H20ClFN4O3S/c24-19-5-3-18(22(25)13-19)4-8-23-27-20(15-32-23)14-31-21-6-1-17(2-7-21)16-33(30)12-11-29-10-9-26-28-29/h1-10,13,15H,11-12,14,16H2. The van der Waals surface area contributed by atoms with E-state index in [1.54, 1.807) is 41.4 Å². The molecule has 4 rings (SSSR count). The number of hydrogen-bond donors (Lipinski definition) is 0. The van der Waals surface area contributed by atoms with E-state index >= 15 is 0 Å². The normalized spacial score (nSPS) is 12.3. The summed E-state index contributed by atoms with van der Waals surface area (Å²) >= 11 is 5.76. The van der Waals surface area contributed by atoms with Gasteiger partial charge in [-0.2, -0.15) is 0 Å². The highest BCUT2D eigenvalue weighted by molar-refractivity contribution is 7.84. The van der Waals surface area contributed by atoms with Gasteiger partial charge in [0.2, 0.25) is 5.89 Å². The molecule has 0 saturated carbocycles. The highest BCUT2D eigenvalue weighted by Crippen LogP contribution is 2.18. The van der Waals surface area contributed by atoms with E-state index in [0.717, 1.165) is 5.56 Å². The van der Waals surface area contributed by atoms with Gasteiger partial charge in [0.1, 0.15) is 30.1 Å². The van der Waals surface area contributed by atoms with Crippen molar-refractivity contribution in [2.75, 3.05) is 5.75 Å². The minimum Gasteiger partial charge on any atom is -0.487 e. The first-order valence-electron chi connectivity index (χ1n) is 10.0. The van der Waals surface area contributed by atoms with Crippen LogP contribution in [-0.2, 0) is 29.7 Å². The summed E-state index contributed by atoms with van der Waals surface area (Å²) in [5, 5.41) is 7.93. The highest BCUT2D eigenvalue weighted by Gasteiger charge is 2.06. The molecule has 0 N–H and O–H groups in total. The van der Waals surface area contributed by atoms with E-state index in [1.807, 2.05) is 24.3 Å². The van der Waals surface area contributed by atoms with Crippen LogP contribution in [0.25, 0.3) is 12.2 Å². The van der Waals surface area contributed by atoms with Crippen molar-refractivity contribution in [2.45, 2.75) is 18.9 Å². The van der Waals surface area contributed by atoms with Gasteiger partial charge in [-0.3, -0.25) is 8.89 Å². The molecule has 0 radical (unpaired) electrons. The number of nitrogens with zero attached hydrogens (tertiary/aromatic N) is 4. The first kappa shape index (κ1) is 22.9. The molecule has 170 valence electrons. The zero-order chi connectivity index (χ0) is 23.0. The Morgan fingerprint density at radius 2 is 2.03 bits per heavy atom. The molecule has 0 amide bonds. The maximum Gasteiger partial charge on any atom is 0.218 e. The highest BCUT2D eigenvalue weighted by atomic mass is 35.5. The summed E-state index contributed by atoms with van der Waals surface area (Å²) in [5.74, 6) is 1.55. The quantitative estimate of drug-likeness (QED) is 0.321. The van der Waals surface area contributed by atoms with E-state index in [9.17, 15) is 8.60 Å². The maximum absolute atomic E-state index is 13.8. The van der Waals surface area contributed by atoms with Crippen LogP contribution in [-0.4, -0.2) is 29.9 Å². The van der Waals surface area contributed by atoms with Gasteiger partial charge in [-0.25, -0.2) is 9.37 Å². The number of hydrogen-bond acceptors (Lipinski definition) is 6. The van der Waals surface area contributed by atoms with Crippen molar-refractivity contribution in [1.82, 2.24) is 20.0 Å². The topological polar surface area (TPSA) is 83.0 Å². The smallest absolute Gasteiger partial charge is 0.218 e. The lowest BCUT2D eigenvalue weighted by molar-refractivity contribution is 0.301. The van der Waals surface area contributed by atoms with Crippen LogP contribution in [0.5, 0.6) is 5.75 Å². The summed E-state index contributed by atoms with van der Waals surface area (Å²) in [5.41, 5.74) is 1.95. The number of benzene rings is 2. The number of halogens is 2. The SMILES string of the molecule is O=S(CCn1ccnn1)Cc1ccc(OCc2coc(C=Cc3ccc(Cl)cc3F)n2)cc1. The van der Waals surface area contributed by atoms with E-state index in [2.05, 4.69) is 15.3 Å². The molecule has 0 saturated heterocycles. The number of rotatable bonds is 10. The molecule has 4 aromatic rings. The van der Waals surface area contributed by atoms with Crippen LogP contribution >= 0.6 is 11.6 Å². The van der Waals surface area contributed by atoms with Gasteiger partial charge in [0, 0.05) is 45.2 Å². The second kappa shape index (κ2) is 11.0. The van der Waals surface area contributed by atoms with E-state index in [-0.39, 0.29) is 6.61 Å². The molecule has 10 heteroatoms. The van der Waals surface area contributed by atoms with Crippen molar-refractivity contribution >= 4 is 34.6 Å². The third kappa shape index (κ3) is 6.84. The van der Waals surface area contributed by atoms with E-state index in [1.165, 1.54) is 12.3 Å². The molecule has 33 heavy (non-hydrogen) atoms. The van der Waals surface area contributed by atoms with Crippen LogP contribution in [0.15, 0.2) is 65.5 Å². The third-order valence-corrected chi connectivity index (χ3v) is 6.12. The molecule has 7 nitrogen and oxygen atoms in total. The predicted molar refractivity (Wildman–Crippen MR) is 124 cm³/mol. The van der Waals surface area contributed by atoms with Gasteiger partial charge in [-0.05, 0) is 35.9 Å². The molecule has 0 aliphatic carbocycles. The minimum absolute atomic E-state index is 0.218. The third-order valence-electron chi connectivity index (χ3n) is 4.60. The molecule has 0 bridgehead atoms. The number of oxazole rings is 1. The second-order valence-electron chi connectivity index (χ2n) is 7.06. The fraction of sp³-hybridized carbons (Fsp3) is 0.174. The summed E-state index contributed by atoms with van der Waals surface area (Å²) in [6.07, 6.45) is 7.98. The van der Waals surface area contributed by atoms with Crippen LogP contribution in [0.4, 0.5) is 4.39 Å². The van der Waals surface area contributed by atoms with Crippen molar-refractivity contribution < 1.29 is 17.8 Å². The van der Waals surface area contributed by atoms with E-state index < -0.39 is 16.6 Å². The zero-order valence-corrected chi connectivity index (χ0v) is 19.0. The predicted octanol–water partition coefficient (Wildman–Crippen LogP) is 4.76. The van der Waals surface area contributed by atoms with Gasteiger partial charge in [0.05, 0.1) is 12.7 Å². The van der Waals surface area contributed by atoms with Crippen LogP contribution in [0.2, 0.25) is 5.02 Å². The Morgan fingerprint density at radius 3 is 2.79 bits per heavy atom. The van der Waals surface area contributed by atoms with Crippen LogP contribution in [0.1, 0.15) is 22.7 Å². The summed E-state index contributed by atoms with van der Waals surface area (Å²) in [6, 6.07) is 11.9. The number of aryl methyl sites for hydroxylation is 1. The zero-order valence-electron chi connectivity index (χ0n) is 17.4. The van der Waals surface area contributed by atoms with Crippen LogP contribution in [0, 0.1) is 5.82 Å². The molecular weight excluding hydrogens is 467 g/mol. The maximum atomic E-state index is 13.8.